The molecule has 0 atom stereocenters. The average Bonchev–Trinajstić information content (AvgIpc) is 3.26. The summed E-state index contributed by atoms with van der Waals surface area (Å²) in [5, 5.41) is 11.4. The third-order valence-corrected chi connectivity index (χ3v) is 4.83. The molecule has 1 aromatic carbocycles. The maximum atomic E-state index is 11.9. The van der Waals surface area contributed by atoms with E-state index in [0.29, 0.717) is 12.8 Å². The van der Waals surface area contributed by atoms with Crippen LogP contribution in [0, 0.1) is 5.41 Å². The number of carbonyl (C=O) groups is 2. The van der Waals surface area contributed by atoms with Crippen molar-refractivity contribution in [2.75, 3.05) is 13.1 Å². The second-order valence-corrected chi connectivity index (χ2v) is 6.62. The van der Waals surface area contributed by atoms with E-state index < -0.39 is 27.3 Å². The first-order chi connectivity index (χ1) is 9.88. The van der Waals surface area contributed by atoms with Gasteiger partial charge >= 0.3 is 5.97 Å². The molecule has 1 fully saturated rings. The molecule has 0 aromatic heterocycles. The molecular weight excluding hydrogens is 296 g/mol. The first-order valence-electron chi connectivity index (χ1n) is 6.45. The number of sulfonamides is 1. The van der Waals surface area contributed by atoms with Gasteiger partial charge in [-0.1, -0.05) is 18.2 Å². The van der Waals surface area contributed by atoms with Crippen LogP contribution < -0.4 is 10.0 Å². The third-order valence-electron chi connectivity index (χ3n) is 3.35. The summed E-state index contributed by atoms with van der Waals surface area (Å²) in [5.74, 6) is -1.70. The Morgan fingerprint density at radius 3 is 2.29 bits per heavy atom. The van der Waals surface area contributed by atoms with Gasteiger partial charge in [-0.2, -0.15) is 0 Å². The highest BCUT2D eigenvalue weighted by Gasteiger charge is 2.56. The quantitative estimate of drug-likeness (QED) is 0.482. The van der Waals surface area contributed by atoms with Gasteiger partial charge in [0.1, 0.15) is 5.41 Å². The number of carbonyl (C=O) groups excluding carboxylic acids is 1. The number of nitrogens with one attached hydrogen (secondary N) is 2. The van der Waals surface area contributed by atoms with Crippen molar-refractivity contribution in [3.8, 4) is 0 Å². The van der Waals surface area contributed by atoms with E-state index in [0.717, 1.165) is 0 Å². The fourth-order valence-electron chi connectivity index (χ4n) is 1.88. The molecular formula is C13H16N2O5S. The number of benzene rings is 1. The molecule has 1 aliphatic rings. The van der Waals surface area contributed by atoms with E-state index in [4.69, 9.17) is 5.11 Å². The van der Waals surface area contributed by atoms with Gasteiger partial charge in [0.05, 0.1) is 4.90 Å². The van der Waals surface area contributed by atoms with Crippen molar-refractivity contribution in [1.82, 2.24) is 10.0 Å². The fraction of sp³-hybridized carbons (Fsp3) is 0.385. The summed E-state index contributed by atoms with van der Waals surface area (Å²) in [6.45, 7) is 0.0403. The van der Waals surface area contributed by atoms with Gasteiger partial charge < -0.3 is 10.4 Å². The van der Waals surface area contributed by atoms with E-state index in [9.17, 15) is 18.0 Å². The molecule has 1 amide bonds. The smallest absolute Gasteiger partial charge is 0.319 e. The Kier molecular flexibility index (Phi) is 4.29. The lowest BCUT2D eigenvalue weighted by Gasteiger charge is -2.11. The molecule has 8 heteroatoms. The van der Waals surface area contributed by atoms with Gasteiger partial charge in [-0.3, -0.25) is 9.59 Å². The van der Waals surface area contributed by atoms with Crippen molar-refractivity contribution in [2.45, 2.75) is 17.7 Å². The Morgan fingerprint density at radius 1 is 1.14 bits per heavy atom. The van der Waals surface area contributed by atoms with Crippen LogP contribution in [0.4, 0.5) is 0 Å². The highest BCUT2D eigenvalue weighted by Crippen LogP contribution is 2.45. The Hall–Kier alpha value is -1.93. The molecule has 0 heterocycles. The molecule has 0 unspecified atom stereocenters. The summed E-state index contributed by atoms with van der Waals surface area (Å²) < 4.78 is 26.1. The number of amides is 1. The van der Waals surface area contributed by atoms with Crippen molar-refractivity contribution < 1.29 is 23.1 Å². The number of rotatable bonds is 7. The number of hydrogen-bond acceptors (Lipinski definition) is 4. The summed E-state index contributed by atoms with van der Waals surface area (Å²) in [4.78, 5) is 22.8. The number of carboxylic acid groups (broad SMARTS) is 1. The normalized spacial score (nSPS) is 16.2. The molecule has 3 N–H and O–H groups in total. The van der Waals surface area contributed by atoms with Crippen LogP contribution in [0.25, 0.3) is 0 Å². The fourth-order valence-corrected chi connectivity index (χ4v) is 2.93. The van der Waals surface area contributed by atoms with Crippen LogP contribution in [0.3, 0.4) is 0 Å². The number of carboxylic acids is 1. The molecule has 0 radical (unpaired) electrons. The Labute approximate surface area is 122 Å². The zero-order valence-corrected chi connectivity index (χ0v) is 12.0. The molecule has 1 aliphatic carbocycles. The SMILES string of the molecule is O=C(O)C1(C(=O)NCCNS(=O)(=O)c2ccccc2)CC1. The first-order valence-corrected chi connectivity index (χ1v) is 7.93. The summed E-state index contributed by atoms with van der Waals surface area (Å²) >= 11 is 0. The lowest BCUT2D eigenvalue weighted by atomic mass is 10.1. The van der Waals surface area contributed by atoms with Gasteiger partial charge in [-0.15, -0.1) is 0 Å². The Bertz CT molecular complexity index is 638. The van der Waals surface area contributed by atoms with Gasteiger partial charge in [-0.05, 0) is 25.0 Å². The standard InChI is InChI=1S/C13H16N2O5S/c16-11(13(6-7-13)12(17)18)14-8-9-15-21(19,20)10-4-2-1-3-5-10/h1-5,15H,6-9H2,(H,14,16)(H,17,18). The van der Waals surface area contributed by atoms with Crippen LogP contribution in [0.1, 0.15) is 12.8 Å². The van der Waals surface area contributed by atoms with E-state index in [1.54, 1.807) is 18.2 Å². The summed E-state index contributed by atoms with van der Waals surface area (Å²) in [6.07, 6.45) is 0.647. The second kappa shape index (κ2) is 5.82. The highest BCUT2D eigenvalue weighted by atomic mass is 32.2. The molecule has 1 saturated carbocycles. The zero-order chi connectivity index (χ0) is 15.5. The van der Waals surface area contributed by atoms with Gasteiger partial charge in [-0.25, -0.2) is 13.1 Å². The van der Waals surface area contributed by atoms with Gasteiger partial charge in [0.25, 0.3) is 0 Å². The van der Waals surface area contributed by atoms with Crippen LogP contribution >= 0.6 is 0 Å². The maximum absolute atomic E-state index is 11.9. The molecule has 21 heavy (non-hydrogen) atoms. The summed E-state index contributed by atoms with van der Waals surface area (Å²) in [6, 6.07) is 7.86. The number of hydrogen-bond donors (Lipinski definition) is 3. The predicted octanol–water partition coefficient (Wildman–Crippen LogP) is -0.0541. The summed E-state index contributed by atoms with van der Waals surface area (Å²) in [7, 11) is -3.61. The molecule has 1 aromatic rings. The van der Waals surface area contributed by atoms with Gasteiger partial charge in [0.2, 0.25) is 15.9 Å². The molecule has 114 valence electrons. The molecule has 0 spiro atoms. The van der Waals surface area contributed by atoms with Crippen molar-refractivity contribution >= 4 is 21.9 Å². The van der Waals surface area contributed by atoms with E-state index in [1.807, 2.05) is 0 Å². The highest BCUT2D eigenvalue weighted by molar-refractivity contribution is 7.89. The van der Waals surface area contributed by atoms with Crippen LogP contribution in [0.5, 0.6) is 0 Å². The third kappa shape index (κ3) is 3.40. The van der Waals surface area contributed by atoms with Gasteiger partial charge in [0.15, 0.2) is 0 Å². The minimum absolute atomic E-state index is 0.00132. The Morgan fingerprint density at radius 2 is 1.76 bits per heavy atom. The molecule has 7 nitrogen and oxygen atoms in total. The minimum atomic E-state index is -3.61. The molecule has 0 bridgehead atoms. The van der Waals surface area contributed by atoms with Crippen LogP contribution in [-0.4, -0.2) is 38.5 Å². The lowest BCUT2D eigenvalue weighted by Crippen LogP contribution is -2.41. The van der Waals surface area contributed by atoms with Crippen LogP contribution in [-0.2, 0) is 19.6 Å². The van der Waals surface area contributed by atoms with Crippen LogP contribution in [0.15, 0.2) is 35.2 Å². The minimum Gasteiger partial charge on any atom is -0.480 e. The molecule has 0 saturated heterocycles. The zero-order valence-electron chi connectivity index (χ0n) is 11.2. The van der Waals surface area contributed by atoms with E-state index >= 15 is 0 Å². The molecule has 2 rings (SSSR count). The van der Waals surface area contributed by atoms with E-state index in [1.165, 1.54) is 12.1 Å². The van der Waals surface area contributed by atoms with Crippen molar-refractivity contribution in [3.05, 3.63) is 30.3 Å². The van der Waals surface area contributed by atoms with E-state index in [2.05, 4.69) is 10.0 Å². The Balaban J connectivity index is 1.80. The largest absolute Gasteiger partial charge is 0.480 e. The lowest BCUT2D eigenvalue weighted by molar-refractivity contribution is -0.149. The van der Waals surface area contributed by atoms with Gasteiger partial charge in [0, 0.05) is 13.1 Å². The van der Waals surface area contributed by atoms with Crippen molar-refractivity contribution in [1.29, 1.82) is 0 Å². The average molecular weight is 312 g/mol. The second-order valence-electron chi connectivity index (χ2n) is 4.85. The maximum Gasteiger partial charge on any atom is 0.319 e. The molecule has 0 aliphatic heterocycles. The topological polar surface area (TPSA) is 113 Å². The first kappa shape index (κ1) is 15.5. The predicted molar refractivity (Wildman–Crippen MR) is 73.9 cm³/mol. The monoisotopic (exact) mass is 312 g/mol. The van der Waals surface area contributed by atoms with Crippen molar-refractivity contribution in [2.24, 2.45) is 5.41 Å². The van der Waals surface area contributed by atoms with E-state index in [-0.39, 0.29) is 18.0 Å². The van der Waals surface area contributed by atoms with Crippen molar-refractivity contribution in [3.63, 3.8) is 0 Å². The van der Waals surface area contributed by atoms with Crippen LogP contribution in [0.2, 0.25) is 0 Å². The number of aliphatic carboxylic acids is 1. The summed E-state index contributed by atoms with van der Waals surface area (Å²) in [5.41, 5.74) is -1.31.